The molecule has 0 saturated heterocycles. The van der Waals surface area contributed by atoms with Gasteiger partial charge < -0.3 is 10.6 Å². The minimum atomic E-state index is -3.32. The fourth-order valence-corrected chi connectivity index (χ4v) is 3.63. The zero-order valence-electron chi connectivity index (χ0n) is 16.9. The minimum Gasteiger partial charge on any atom is -0.334 e. The van der Waals surface area contributed by atoms with Gasteiger partial charge in [-0.15, -0.1) is 0 Å². The molecule has 0 aliphatic heterocycles. The van der Waals surface area contributed by atoms with Crippen LogP contribution in [0.3, 0.4) is 0 Å². The molecule has 2 amide bonds. The van der Waals surface area contributed by atoms with E-state index in [1.54, 1.807) is 54.7 Å². The molecule has 1 heterocycles. The third kappa shape index (κ3) is 6.76. The summed E-state index contributed by atoms with van der Waals surface area (Å²) in [7, 11) is -1.95. The minimum absolute atomic E-state index is 0.0980. The molecule has 1 aromatic heterocycles. The molecule has 10 heteroatoms. The van der Waals surface area contributed by atoms with Crippen LogP contribution in [-0.4, -0.2) is 31.0 Å². The largest absolute Gasteiger partial charge is 0.347 e. The summed E-state index contributed by atoms with van der Waals surface area (Å²) in [6.07, 6.45) is 3.10. The highest BCUT2D eigenvalue weighted by Crippen LogP contribution is 2.12. The van der Waals surface area contributed by atoms with E-state index in [9.17, 15) is 18.0 Å². The van der Waals surface area contributed by atoms with Crippen LogP contribution < -0.4 is 21.0 Å². The summed E-state index contributed by atoms with van der Waals surface area (Å²) in [6, 6.07) is 15.5. The lowest BCUT2D eigenvalue weighted by molar-refractivity contribution is 0.251. The topological polar surface area (TPSA) is 122 Å². The second-order valence-corrected chi connectivity index (χ2v) is 8.74. The van der Waals surface area contributed by atoms with Gasteiger partial charge in [-0.2, -0.15) is 0 Å². The smallest absolute Gasteiger partial charge is 0.334 e. The average Bonchev–Trinajstić information content (AvgIpc) is 2.75. The van der Waals surface area contributed by atoms with Crippen molar-refractivity contribution in [2.24, 2.45) is 0 Å². The van der Waals surface area contributed by atoms with Gasteiger partial charge in [0.2, 0.25) is 10.0 Å². The molecule has 2 aromatic carbocycles. The van der Waals surface area contributed by atoms with Gasteiger partial charge in [0.25, 0.3) is 0 Å². The maximum Gasteiger partial charge on any atom is 0.347 e. The summed E-state index contributed by atoms with van der Waals surface area (Å²) in [5.74, 6) is -0.0980. The number of carbonyl (C=O) groups is 1. The van der Waals surface area contributed by atoms with Gasteiger partial charge in [-0.1, -0.05) is 36.4 Å². The first kappa shape index (κ1) is 22.2. The molecule has 3 aromatic rings. The number of sulfonamides is 1. The maximum absolute atomic E-state index is 12.2. The van der Waals surface area contributed by atoms with Crippen LogP contribution in [-0.2, 0) is 28.9 Å². The van der Waals surface area contributed by atoms with Crippen molar-refractivity contribution in [3.63, 3.8) is 0 Å². The third-order valence-corrected chi connectivity index (χ3v) is 5.80. The molecule has 3 rings (SSSR count). The fourth-order valence-electron chi connectivity index (χ4n) is 2.85. The Balaban J connectivity index is 1.54. The molecule has 0 spiro atoms. The lowest BCUT2D eigenvalue weighted by Crippen LogP contribution is -2.28. The predicted octanol–water partition coefficient (Wildman–Crippen LogP) is 1.66. The molecule has 162 valence electrons. The van der Waals surface area contributed by atoms with E-state index in [0.29, 0.717) is 17.8 Å². The van der Waals surface area contributed by atoms with Gasteiger partial charge in [0.05, 0.1) is 12.3 Å². The first-order chi connectivity index (χ1) is 14.8. The lowest BCUT2D eigenvalue weighted by atomic mass is 10.1. The number of aromatic nitrogens is 2. The van der Waals surface area contributed by atoms with Crippen LogP contribution in [0.4, 0.5) is 10.5 Å². The van der Waals surface area contributed by atoms with E-state index in [4.69, 9.17) is 0 Å². The van der Waals surface area contributed by atoms with Gasteiger partial charge in [0, 0.05) is 24.6 Å². The quantitative estimate of drug-likeness (QED) is 0.491. The van der Waals surface area contributed by atoms with E-state index in [1.807, 2.05) is 6.07 Å². The van der Waals surface area contributed by atoms with Crippen molar-refractivity contribution in [2.75, 3.05) is 12.4 Å². The van der Waals surface area contributed by atoms with Gasteiger partial charge in [-0.25, -0.2) is 27.7 Å². The number of rotatable bonds is 8. The van der Waals surface area contributed by atoms with Gasteiger partial charge in [0.15, 0.2) is 0 Å². The van der Waals surface area contributed by atoms with Crippen LogP contribution in [0.25, 0.3) is 0 Å². The Labute approximate surface area is 180 Å². The summed E-state index contributed by atoms with van der Waals surface area (Å²) >= 11 is 0. The van der Waals surface area contributed by atoms with E-state index >= 15 is 0 Å². The molecular weight excluding hydrogens is 418 g/mol. The van der Waals surface area contributed by atoms with E-state index in [-0.39, 0.29) is 24.0 Å². The molecule has 0 saturated carbocycles. The first-order valence-electron chi connectivity index (χ1n) is 9.49. The van der Waals surface area contributed by atoms with Crippen molar-refractivity contribution in [1.82, 2.24) is 19.6 Å². The van der Waals surface area contributed by atoms with E-state index in [1.165, 1.54) is 17.8 Å². The number of nitrogens with one attached hydrogen (secondary N) is 3. The van der Waals surface area contributed by atoms with Gasteiger partial charge in [-0.05, 0) is 41.9 Å². The molecule has 9 nitrogen and oxygen atoms in total. The maximum atomic E-state index is 12.2. The molecule has 0 unspecified atom stereocenters. The number of hydrogen-bond donors (Lipinski definition) is 3. The summed E-state index contributed by atoms with van der Waals surface area (Å²) in [4.78, 5) is 27.7. The van der Waals surface area contributed by atoms with Gasteiger partial charge in [0.1, 0.15) is 0 Å². The van der Waals surface area contributed by atoms with Crippen LogP contribution in [0.15, 0.2) is 71.8 Å². The number of benzene rings is 2. The molecule has 0 fully saturated rings. The number of amides is 2. The van der Waals surface area contributed by atoms with E-state index in [2.05, 4.69) is 20.3 Å². The van der Waals surface area contributed by atoms with Gasteiger partial charge in [-0.3, -0.25) is 4.57 Å². The molecular formula is C21H23N5O4S. The van der Waals surface area contributed by atoms with Crippen LogP contribution in [0.1, 0.15) is 16.7 Å². The zero-order valence-corrected chi connectivity index (χ0v) is 17.7. The van der Waals surface area contributed by atoms with Gasteiger partial charge >= 0.3 is 11.7 Å². The van der Waals surface area contributed by atoms with Crippen molar-refractivity contribution in [3.05, 3.63) is 94.2 Å². The van der Waals surface area contributed by atoms with Crippen molar-refractivity contribution < 1.29 is 13.2 Å². The predicted molar refractivity (Wildman–Crippen MR) is 118 cm³/mol. The van der Waals surface area contributed by atoms with Crippen molar-refractivity contribution in [1.29, 1.82) is 0 Å². The lowest BCUT2D eigenvalue weighted by Gasteiger charge is -2.10. The number of nitrogens with zero attached hydrogens (tertiary/aromatic N) is 2. The highest BCUT2D eigenvalue weighted by atomic mass is 32.2. The Hall–Kier alpha value is -3.50. The Bertz CT molecular complexity index is 1210. The standard InChI is InChI=1S/C21H23N5O4S/c1-22-31(29,30)15-17-8-6-16(7-9-17)13-24-20(27)25-19-5-2-4-18(12-19)14-26-11-3-10-23-21(26)28/h2-12,22H,13-15H2,1H3,(H2,24,25,27). The highest BCUT2D eigenvalue weighted by Gasteiger charge is 2.09. The van der Waals surface area contributed by atoms with Crippen LogP contribution in [0.5, 0.6) is 0 Å². The number of carbonyl (C=O) groups excluding carboxylic acids is 1. The number of urea groups is 1. The Morgan fingerprint density at radius 3 is 2.48 bits per heavy atom. The number of hydrogen-bond acceptors (Lipinski definition) is 5. The van der Waals surface area contributed by atoms with Crippen molar-refractivity contribution in [3.8, 4) is 0 Å². The fraction of sp³-hybridized carbons (Fsp3) is 0.190. The SMILES string of the molecule is CNS(=O)(=O)Cc1ccc(CNC(=O)Nc2cccc(Cn3cccnc3=O)c2)cc1. The first-order valence-corrected chi connectivity index (χ1v) is 11.1. The highest BCUT2D eigenvalue weighted by molar-refractivity contribution is 7.88. The molecule has 0 radical (unpaired) electrons. The second-order valence-electron chi connectivity index (χ2n) is 6.82. The average molecular weight is 442 g/mol. The number of anilines is 1. The van der Waals surface area contributed by atoms with Crippen LogP contribution in [0.2, 0.25) is 0 Å². The molecule has 3 N–H and O–H groups in total. The summed E-state index contributed by atoms with van der Waals surface area (Å²) < 4.78 is 26.9. The third-order valence-electron chi connectivity index (χ3n) is 4.46. The Morgan fingerprint density at radius 1 is 1.03 bits per heavy atom. The van der Waals surface area contributed by atoms with Crippen molar-refractivity contribution >= 4 is 21.7 Å². The molecule has 0 aliphatic carbocycles. The zero-order chi connectivity index (χ0) is 22.3. The summed E-state index contributed by atoms with van der Waals surface area (Å²) in [6.45, 7) is 0.634. The van der Waals surface area contributed by atoms with E-state index in [0.717, 1.165) is 11.1 Å². The molecule has 0 bridgehead atoms. The molecule has 0 atom stereocenters. The summed E-state index contributed by atoms with van der Waals surface area (Å²) in [5.41, 5.74) is 2.60. The molecule has 31 heavy (non-hydrogen) atoms. The van der Waals surface area contributed by atoms with Crippen LogP contribution in [0, 0.1) is 0 Å². The monoisotopic (exact) mass is 441 g/mol. The Morgan fingerprint density at radius 2 is 1.77 bits per heavy atom. The second kappa shape index (κ2) is 10.0. The van der Waals surface area contributed by atoms with E-state index < -0.39 is 10.0 Å². The molecule has 0 aliphatic rings. The van der Waals surface area contributed by atoms with Crippen molar-refractivity contribution in [2.45, 2.75) is 18.8 Å². The summed E-state index contributed by atoms with van der Waals surface area (Å²) in [5, 5.41) is 5.52. The normalized spacial score (nSPS) is 11.1. The Kier molecular flexibility index (Phi) is 7.16. The van der Waals surface area contributed by atoms with Crippen LogP contribution >= 0.6 is 0 Å².